The third kappa shape index (κ3) is 4.92. The van der Waals surface area contributed by atoms with Crippen molar-refractivity contribution < 1.29 is 14.0 Å². The van der Waals surface area contributed by atoms with Crippen LogP contribution in [0.3, 0.4) is 0 Å². The molecule has 16 heavy (non-hydrogen) atoms. The molecule has 0 radical (unpaired) electrons. The van der Waals surface area contributed by atoms with E-state index in [1.165, 1.54) is 7.05 Å². The predicted octanol–water partition coefficient (Wildman–Crippen LogP) is 0.441. The zero-order chi connectivity index (χ0) is 12.6. The molecule has 0 aromatic carbocycles. The van der Waals surface area contributed by atoms with E-state index in [0.29, 0.717) is 5.75 Å². The summed E-state index contributed by atoms with van der Waals surface area (Å²) in [7, 11) is 1.44. The molecule has 0 saturated heterocycles. The Kier molecular flexibility index (Phi) is 7.19. The first-order chi connectivity index (χ1) is 7.56. The summed E-state index contributed by atoms with van der Waals surface area (Å²) in [5.41, 5.74) is -0.393. The minimum absolute atomic E-state index is 0.224. The van der Waals surface area contributed by atoms with Crippen molar-refractivity contribution in [1.82, 2.24) is 10.6 Å². The first kappa shape index (κ1) is 14.6. The monoisotopic (exact) mass is 247 g/mol. The Hall–Kier alpha value is -1.37. The molecule has 0 bridgehead atoms. The van der Waals surface area contributed by atoms with Gasteiger partial charge in [-0.2, -0.15) is 4.39 Å². The highest BCUT2D eigenvalue weighted by molar-refractivity contribution is 8.02. The number of rotatable bonds is 6. The molecule has 0 aliphatic rings. The fourth-order valence-electron chi connectivity index (χ4n) is 0.751. The van der Waals surface area contributed by atoms with Gasteiger partial charge in [-0.15, -0.1) is 0 Å². The number of carbonyl (C=O) groups is 2. The van der Waals surface area contributed by atoms with Crippen LogP contribution in [0.5, 0.6) is 0 Å². The third-order valence-electron chi connectivity index (χ3n) is 1.52. The van der Waals surface area contributed by atoms with Crippen molar-refractivity contribution in [1.29, 1.82) is 0 Å². The number of halogens is 1. The fraction of sp³-hybridized carbons (Fsp3) is 0.444. The van der Waals surface area contributed by atoms with Crippen LogP contribution in [0.15, 0.2) is 15.8 Å². The lowest BCUT2D eigenvalue weighted by Gasteiger charge is -2.05. The topological polar surface area (TPSA) is 70.6 Å². The Labute approximate surface area is 97.6 Å². The highest BCUT2D eigenvalue weighted by Gasteiger charge is 2.14. The van der Waals surface area contributed by atoms with Crippen molar-refractivity contribution in [2.45, 2.75) is 6.92 Å². The molecular formula is C9H14FN3O2S. The summed E-state index contributed by atoms with van der Waals surface area (Å²) in [5, 5.41) is 3.84. The molecule has 0 saturated carbocycles. The molecule has 0 fully saturated rings. The number of thioether (sulfide) groups is 1. The van der Waals surface area contributed by atoms with Gasteiger partial charge in [-0.05, 0) is 12.5 Å². The summed E-state index contributed by atoms with van der Waals surface area (Å²) in [6.45, 7) is 4.63. The number of nitrogens with one attached hydrogen (secondary N) is 2. The molecule has 0 spiro atoms. The van der Waals surface area contributed by atoms with E-state index in [-0.39, 0.29) is 12.5 Å². The molecule has 2 amide bonds. The van der Waals surface area contributed by atoms with Gasteiger partial charge in [0.1, 0.15) is 0 Å². The van der Waals surface area contributed by atoms with Gasteiger partial charge in [-0.1, -0.05) is 18.7 Å². The van der Waals surface area contributed by atoms with Gasteiger partial charge >= 0.3 is 0 Å². The number of nitrogens with zero attached hydrogens (tertiary/aromatic N) is 1. The van der Waals surface area contributed by atoms with Crippen LogP contribution < -0.4 is 10.6 Å². The van der Waals surface area contributed by atoms with Crippen LogP contribution in [0, 0.1) is 0 Å². The maximum atomic E-state index is 13.3. The molecule has 7 heteroatoms. The number of hydrogen-bond acceptors (Lipinski definition) is 4. The second-order valence-corrected chi connectivity index (χ2v) is 3.79. The Morgan fingerprint density at radius 1 is 1.50 bits per heavy atom. The van der Waals surface area contributed by atoms with Gasteiger partial charge in [0.15, 0.2) is 10.9 Å². The molecule has 0 rings (SSSR count). The molecular weight excluding hydrogens is 233 g/mol. The summed E-state index contributed by atoms with van der Waals surface area (Å²) >= 11 is 0.850. The SMILES string of the molecule is C=N/C(C(=O)NCC(=O)NC)=C(/F)SCC. The van der Waals surface area contributed by atoms with Gasteiger partial charge in [0.2, 0.25) is 5.91 Å². The molecule has 90 valence electrons. The van der Waals surface area contributed by atoms with Crippen LogP contribution in [0.1, 0.15) is 6.92 Å². The lowest BCUT2D eigenvalue weighted by Crippen LogP contribution is -2.35. The quantitative estimate of drug-likeness (QED) is 0.528. The fourth-order valence-corrected chi connectivity index (χ4v) is 1.30. The highest BCUT2D eigenvalue weighted by Crippen LogP contribution is 2.21. The Morgan fingerprint density at radius 2 is 2.12 bits per heavy atom. The maximum absolute atomic E-state index is 13.3. The van der Waals surface area contributed by atoms with Gasteiger partial charge in [-0.3, -0.25) is 14.6 Å². The second-order valence-electron chi connectivity index (χ2n) is 2.57. The van der Waals surface area contributed by atoms with Crippen LogP contribution in [-0.4, -0.2) is 37.9 Å². The molecule has 0 atom stereocenters. The van der Waals surface area contributed by atoms with Gasteiger partial charge in [0.05, 0.1) is 6.54 Å². The Balaban J connectivity index is 4.49. The van der Waals surface area contributed by atoms with Crippen molar-refractivity contribution in [3.8, 4) is 0 Å². The number of carbonyl (C=O) groups excluding carboxylic acids is 2. The molecule has 0 heterocycles. The van der Waals surface area contributed by atoms with E-state index in [4.69, 9.17) is 0 Å². The van der Waals surface area contributed by atoms with Gasteiger partial charge < -0.3 is 10.6 Å². The van der Waals surface area contributed by atoms with Crippen molar-refractivity contribution in [2.75, 3.05) is 19.3 Å². The minimum Gasteiger partial charge on any atom is -0.358 e. The number of hydrogen-bond donors (Lipinski definition) is 2. The zero-order valence-corrected chi connectivity index (χ0v) is 9.99. The Bertz CT molecular complexity index is 318. The molecule has 5 nitrogen and oxygen atoms in total. The van der Waals surface area contributed by atoms with E-state index in [0.717, 1.165) is 11.8 Å². The van der Waals surface area contributed by atoms with Crippen LogP contribution in [0.2, 0.25) is 0 Å². The molecule has 0 unspecified atom stereocenters. The van der Waals surface area contributed by atoms with Gasteiger partial charge in [-0.25, -0.2) is 0 Å². The van der Waals surface area contributed by atoms with E-state index in [1.54, 1.807) is 6.92 Å². The van der Waals surface area contributed by atoms with E-state index < -0.39 is 16.8 Å². The first-order valence-electron chi connectivity index (χ1n) is 4.54. The maximum Gasteiger partial charge on any atom is 0.273 e. The first-order valence-corrected chi connectivity index (χ1v) is 5.53. The number of aliphatic imine (C=N–C) groups is 1. The largest absolute Gasteiger partial charge is 0.358 e. The lowest BCUT2D eigenvalue weighted by atomic mass is 10.4. The Morgan fingerprint density at radius 3 is 2.56 bits per heavy atom. The van der Waals surface area contributed by atoms with Crippen LogP contribution in [0.4, 0.5) is 4.39 Å². The van der Waals surface area contributed by atoms with Crippen molar-refractivity contribution in [3.63, 3.8) is 0 Å². The van der Waals surface area contributed by atoms with Crippen molar-refractivity contribution in [2.24, 2.45) is 4.99 Å². The zero-order valence-electron chi connectivity index (χ0n) is 9.17. The smallest absolute Gasteiger partial charge is 0.273 e. The van der Waals surface area contributed by atoms with E-state index >= 15 is 0 Å². The van der Waals surface area contributed by atoms with Gasteiger partial charge in [0.25, 0.3) is 5.91 Å². The van der Waals surface area contributed by atoms with Crippen LogP contribution in [-0.2, 0) is 9.59 Å². The molecule has 0 aliphatic heterocycles. The number of amides is 2. The van der Waals surface area contributed by atoms with Crippen molar-refractivity contribution in [3.05, 3.63) is 10.9 Å². The summed E-state index contributed by atoms with van der Waals surface area (Å²) in [6, 6.07) is 0. The normalized spacial score (nSPS) is 11.4. The van der Waals surface area contributed by atoms with E-state index in [2.05, 4.69) is 22.3 Å². The molecule has 0 aromatic heterocycles. The summed E-state index contributed by atoms with van der Waals surface area (Å²) in [6.07, 6.45) is 0. The van der Waals surface area contributed by atoms with Crippen molar-refractivity contribution >= 4 is 30.3 Å². The van der Waals surface area contributed by atoms with Crippen LogP contribution in [0.25, 0.3) is 0 Å². The summed E-state index contributed by atoms with van der Waals surface area (Å²) in [4.78, 5) is 25.5. The third-order valence-corrected chi connectivity index (χ3v) is 2.25. The van der Waals surface area contributed by atoms with Gasteiger partial charge in [0, 0.05) is 7.05 Å². The average Bonchev–Trinajstić information content (AvgIpc) is 2.27. The summed E-state index contributed by atoms with van der Waals surface area (Å²) in [5.74, 6) is -0.648. The highest BCUT2D eigenvalue weighted by atomic mass is 32.2. The van der Waals surface area contributed by atoms with Crippen LogP contribution >= 0.6 is 11.8 Å². The number of likely N-dealkylation sites (N-methyl/N-ethyl adjacent to an activating group) is 1. The standard InChI is InChI=1S/C9H14FN3O2S/c1-4-16-8(10)7(12-3)9(15)13-5-6(14)11-2/h3-5H2,1-2H3,(H,11,14)(H,13,15)/b8-7-. The predicted molar refractivity (Wildman–Crippen MR) is 62.9 cm³/mol. The lowest BCUT2D eigenvalue weighted by molar-refractivity contribution is -0.124. The average molecular weight is 247 g/mol. The summed E-state index contributed by atoms with van der Waals surface area (Å²) < 4.78 is 13.3. The molecule has 2 N–H and O–H groups in total. The molecule has 0 aliphatic carbocycles. The van der Waals surface area contributed by atoms with E-state index in [1.807, 2.05) is 0 Å². The minimum atomic E-state index is -0.753. The second kappa shape index (κ2) is 7.86. The molecule has 0 aromatic rings. The van der Waals surface area contributed by atoms with E-state index in [9.17, 15) is 14.0 Å².